The van der Waals surface area contributed by atoms with Gasteiger partial charge in [0.15, 0.2) is 0 Å². The summed E-state index contributed by atoms with van der Waals surface area (Å²) in [6.45, 7) is 0. The van der Waals surface area contributed by atoms with Crippen LogP contribution in [0.5, 0.6) is 0 Å². The fourth-order valence-corrected chi connectivity index (χ4v) is 3.94. The topological polar surface area (TPSA) is 66.4 Å². The molecule has 2 N–H and O–H groups in total. The highest BCUT2D eigenvalue weighted by Crippen LogP contribution is 2.13. The first-order valence-corrected chi connectivity index (χ1v) is 10.7. The van der Waals surface area contributed by atoms with Gasteiger partial charge in [-0.1, -0.05) is 60.7 Å². The largest absolute Gasteiger partial charge is 0.480 e. The maximum Gasteiger partial charge on any atom is 0.327 e. The van der Waals surface area contributed by atoms with Gasteiger partial charge in [-0.2, -0.15) is 24.4 Å². The maximum absolute atomic E-state index is 12.5. The van der Waals surface area contributed by atoms with E-state index in [9.17, 15) is 14.7 Å². The summed E-state index contributed by atoms with van der Waals surface area (Å²) < 4.78 is 0. The summed E-state index contributed by atoms with van der Waals surface area (Å²) >= 11 is 5.81. The zero-order valence-electron chi connectivity index (χ0n) is 15.1. The molecular weight excluding hydrogens is 378 g/mol. The van der Waals surface area contributed by atoms with Gasteiger partial charge in [-0.05, 0) is 29.7 Å². The number of benzene rings is 2. The molecule has 2 rings (SSSR count). The van der Waals surface area contributed by atoms with Gasteiger partial charge in [-0.25, -0.2) is 4.79 Å². The second-order valence-corrected chi connectivity index (χ2v) is 7.79. The summed E-state index contributed by atoms with van der Waals surface area (Å²) in [6, 6.07) is 18.8. The van der Waals surface area contributed by atoms with Crippen molar-refractivity contribution in [2.75, 3.05) is 17.3 Å². The van der Waals surface area contributed by atoms with Gasteiger partial charge in [0.2, 0.25) is 5.91 Å². The van der Waals surface area contributed by atoms with Crippen LogP contribution in [0.15, 0.2) is 60.7 Å². The molecule has 0 spiro atoms. The molecule has 0 aliphatic rings. The predicted octanol–water partition coefficient (Wildman–Crippen LogP) is 3.32. The highest BCUT2D eigenvalue weighted by Gasteiger charge is 2.24. The third-order valence-electron chi connectivity index (χ3n) is 4.19. The van der Waals surface area contributed by atoms with Crippen molar-refractivity contribution in [3.63, 3.8) is 0 Å². The lowest BCUT2D eigenvalue weighted by Gasteiger charge is -2.19. The van der Waals surface area contributed by atoms with Crippen molar-refractivity contribution in [3.05, 3.63) is 71.8 Å². The molecule has 6 heteroatoms. The number of thioether (sulfide) groups is 1. The van der Waals surface area contributed by atoms with Crippen LogP contribution in [0.4, 0.5) is 0 Å². The lowest BCUT2D eigenvalue weighted by atomic mass is 10.00. The van der Waals surface area contributed by atoms with Gasteiger partial charge in [-0.3, -0.25) is 4.79 Å². The quantitative estimate of drug-likeness (QED) is 0.398. The lowest BCUT2D eigenvalue weighted by Crippen LogP contribution is -2.46. The normalized spacial score (nSPS) is 12.9. The van der Waals surface area contributed by atoms with E-state index >= 15 is 0 Å². The Labute approximate surface area is 170 Å². The molecule has 0 aliphatic heterocycles. The van der Waals surface area contributed by atoms with Gasteiger partial charge >= 0.3 is 5.97 Å². The van der Waals surface area contributed by atoms with E-state index in [4.69, 9.17) is 0 Å². The number of aryl methyl sites for hydroxylation is 1. The Kier molecular flexibility index (Phi) is 9.28. The Morgan fingerprint density at radius 3 is 2.15 bits per heavy atom. The van der Waals surface area contributed by atoms with Crippen molar-refractivity contribution in [1.82, 2.24) is 5.32 Å². The van der Waals surface area contributed by atoms with Crippen LogP contribution in [0, 0.1) is 5.92 Å². The Morgan fingerprint density at radius 1 is 1.00 bits per heavy atom. The molecule has 0 aliphatic carbocycles. The molecule has 2 aromatic rings. The van der Waals surface area contributed by atoms with Gasteiger partial charge in [0.1, 0.15) is 6.04 Å². The molecular formula is C21H25NO3S2. The van der Waals surface area contributed by atoms with Crippen LogP contribution in [0.25, 0.3) is 0 Å². The monoisotopic (exact) mass is 403 g/mol. The first-order valence-electron chi connectivity index (χ1n) is 8.89. The molecule has 144 valence electrons. The number of hydrogen-bond acceptors (Lipinski definition) is 4. The molecule has 0 unspecified atom stereocenters. The Hall–Kier alpha value is -1.92. The number of hydrogen-bond donors (Lipinski definition) is 3. The molecule has 0 radical (unpaired) electrons. The number of rotatable bonds is 11. The van der Waals surface area contributed by atoms with E-state index in [1.807, 2.05) is 48.5 Å². The van der Waals surface area contributed by atoms with E-state index < -0.39 is 12.0 Å². The zero-order valence-corrected chi connectivity index (χ0v) is 16.8. The van der Waals surface area contributed by atoms with Crippen LogP contribution in [0.3, 0.4) is 0 Å². The first kappa shape index (κ1) is 21.4. The molecule has 0 saturated carbocycles. The number of amides is 1. The summed E-state index contributed by atoms with van der Waals surface area (Å²) in [7, 11) is 0. The number of nitrogens with one attached hydrogen (secondary N) is 1. The molecule has 0 fully saturated rings. The minimum absolute atomic E-state index is 0.259. The fraction of sp³-hybridized carbons (Fsp3) is 0.333. The summed E-state index contributed by atoms with van der Waals surface area (Å²) in [6.07, 6.45) is 1.42. The van der Waals surface area contributed by atoms with E-state index in [2.05, 4.69) is 30.1 Å². The van der Waals surface area contributed by atoms with E-state index in [0.29, 0.717) is 17.9 Å². The van der Waals surface area contributed by atoms with Crippen LogP contribution < -0.4 is 5.32 Å². The molecule has 0 heterocycles. The summed E-state index contributed by atoms with van der Waals surface area (Å²) in [5, 5.41) is 12.1. The number of aliphatic carboxylic acids is 1. The summed E-state index contributed by atoms with van der Waals surface area (Å²) in [4.78, 5) is 24.0. The standard InChI is InChI=1S/C21H25NO3S2/c23-20(18(14-26)13-17-9-5-2-6-10-17)22-19(21(24)25)15-27-12-11-16-7-3-1-4-8-16/h1-10,18-19,26H,11-15H2,(H,22,23)(H,24,25)/t18-,19-/m1/s1. The molecule has 0 bridgehead atoms. The van der Waals surface area contributed by atoms with Crippen LogP contribution in [-0.4, -0.2) is 40.3 Å². The number of thiol groups is 1. The van der Waals surface area contributed by atoms with E-state index in [0.717, 1.165) is 17.7 Å². The van der Waals surface area contributed by atoms with Gasteiger partial charge in [0.25, 0.3) is 0 Å². The average molecular weight is 404 g/mol. The van der Waals surface area contributed by atoms with Crippen molar-refractivity contribution in [2.24, 2.45) is 5.92 Å². The highest BCUT2D eigenvalue weighted by atomic mass is 32.2. The second-order valence-electron chi connectivity index (χ2n) is 6.28. The predicted molar refractivity (Wildman–Crippen MR) is 115 cm³/mol. The molecule has 2 aromatic carbocycles. The second kappa shape index (κ2) is 11.7. The Balaban J connectivity index is 1.82. The number of carbonyl (C=O) groups excluding carboxylic acids is 1. The number of carboxylic acid groups (broad SMARTS) is 1. The maximum atomic E-state index is 12.5. The van der Waals surface area contributed by atoms with Crippen molar-refractivity contribution >= 4 is 36.3 Å². The Bertz CT molecular complexity index is 710. The van der Waals surface area contributed by atoms with E-state index in [1.54, 1.807) is 0 Å². The average Bonchev–Trinajstić information content (AvgIpc) is 2.69. The van der Waals surface area contributed by atoms with Gasteiger partial charge in [0, 0.05) is 11.5 Å². The van der Waals surface area contributed by atoms with Gasteiger partial charge in [0.05, 0.1) is 5.92 Å². The minimum atomic E-state index is -1.01. The lowest BCUT2D eigenvalue weighted by molar-refractivity contribution is -0.141. The third-order valence-corrected chi connectivity index (χ3v) is 5.70. The SMILES string of the molecule is O=C(N[C@H](CSCCc1ccccc1)C(=O)O)[C@@H](CS)Cc1ccccc1. The van der Waals surface area contributed by atoms with Crippen molar-refractivity contribution in [1.29, 1.82) is 0 Å². The number of carbonyl (C=O) groups is 2. The smallest absolute Gasteiger partial charge is 0.327 e. The molecule has 27 heavy (non-hydrogen) atoms. The van der Waals surface area contributed by atoms with E-state index in [-0.39, 0.29) is 11.8 Å². The van der Waals surface area contributed by atoms with Gasteiger partial charge in [-0.15, -0.1) is 0 Å². The molecule has 2 atom stereocenters. The molecule has 0 aromatic heterocycles. The van der Waals surface area contributed by atoms with Crippen molar-refractivity contribution in [3.8, 4) is 0 Å². The van der Waals surface area contributed by atoms with Gasteiger partial charge < -0.3 is 10.4 Å². The van der Waals surface area contributed by atoms with Crippen LogP contribution in [0.1, 0.15) is 11.1 Å². The zero-order chi connectivity index (χ0) is 19.5. The summed E-state index contributed by atoms with van der Waals surface area (Å²) in [5.41, 5.74) is 2.26. The Morgan fingerprint density at radius 2 is 1.59 bits per heavy atom. The minimum Gasteiger partial charge on any atom is -0.480 e. The van der Waals surface area contributed by atoms with Crippen LogP contribution >= 0.6 is 24.4 Å². The molecule has 0 saturated heterocycles. The fourth-order valence-electron chi connectivity index (χ4n) is 2.64. The summed E-state index contributed by atoms with van der Waals surface area (Å²) in [5.74, 6) is -0.0961. The molecule has 4 nitrogen and oxygen atoms in total. The van der Waals surface area contributed by atoms with Crippen LogP contribution in [0.2, 0.25) is 0 Å². The van der Waals surface area contributed by atoms with E-state index in [1.165, 1.54) is 17.3 Å². The van der Waals surface area contributed by atoms with Crippen LogP contribution in [-0.2, 0) is 22.4 Å². The third kappa shape index (κ3) is 7.69. The van der Waals surface area contributed by atoms with Crippen molar-refractivity contribution in [2.45, 2.75) is 18.9 Å². The first-order chi connectivity index (χ1) is 13.1. The van der Waals surface area contributed by atoms with Crippen molar-refractivity contribution < 1.29 is 14.7 Å². The molecule has 1 amide bonds. The number of carboxylic acids is 1. The highest BCUT2D eigenvalue weighted by molar-refractivity contribution is 7.99.